The number of hydrogen-bond donors (Lipinski definition) is 0. The van der Waals surface area contributed by atoms with Crippen LogP contribution in [0.15, 0.2) is 4.95 Å². The summed E-state index contributed by atoms with van der Waals surface area (Å²) in [6, 6.07) is 0. The molecule has 2 atom stereocenters. The predicted octanol–water partition coefficient (Wildman–Crippen LogP) is 8.22. The summed E-state index contributed by atoms with van der Waals surface area (Å²) in [7, 11) is -0.687. The molecule has 0 aromatic rings. The number of nitrogens with zero attached hydrogens (tertiary/aromatic N) is 9. The Morgan fingerprint density at radius 3 is 1.59 bits per heavy atom. The number of nitroso groups, excluding NO2 is 1. The average Bonchev–Trinajstić information content (AvgIpc) is 3.92. The molecule has 0 aromatic heterocycles. The van der Waals surface area contributed by atoms with Crippen LogP contribution in [-0.2, 0) is 0 Å². The minimum atomic E-state index is -2.69. The van der Waals surface area contributed by atoms with Crippen LogP contribution in [0.5, 0.6) is 0 Å². The van der Waals surface area contributed by atoms with Gasteiger partial charge in [0.25, 0.3) is 0 Å². The molecule has 10 nitrogen and oxygen atoms in total. The summed E-state index contributed by atoms with van der Waals surface area (Å²) in [5.74, 6) is 1.58. The van der Waals surface area contributed by atoms with Gasteiger partial charge in [0.15, 0.2) is 13.3 Å². The van der Waals surface area contributed by atoms with Crippen LogP contribution in [0.25, 0.3) is 0 Å². The zero-order chi connectivity index (χ0) is 32.1. The first-order valence-corrected chi connectivity index (χ1v) is 23.8. The van der Waals surface area contributed by atoms with Gasteiger partial charge in [-0.2, -0.15) is 0 Å². The fourth-order valence-electron chi connectivity index (χ4n) is 9.54. The van der Waals surface area contributed by atoms with Gasteiger partial charge in [-0.25, -0.2) is 0 Å². The van der Waals surface area contributed by atoms with Crippen molar-refractivity contribution in [2.45, 2.75) is 110 Å². The standard InChI is InChI=1S/C33H68N9OP3/c1-5-6-15-33-18-30-40(31-19-33)45(34-43,39-24-11-12-25-39)36(4)46(41-26-13-14-27-41,42-28-16-32(2)17-29-42)35(3)44(37-20-7-8-21-37)38-22-9-10-23-38/h32-33H,5-31H2,1-4H3/q+2. The van der Waals surface area contributed by atoms with E-state index in [0.717, 1.165) is 64.2 Å². The highest BCUT2D eigenvalue weighted by Gasteiger charge is 2.77. The topological polar surface area (TPSA) is 55.4 Å². The lowest BCUT2D eigenvalue weighted by atomic mass is 9.93. The van der Waals surface area contributed by atoms with Crippen LogP contribution < -0.4 is 0 Å². The second-order valence-corrected chi connectivity index (χ2v) is 24.5. The van der Waals surface area contributed by atoms with Crippen molar-refractivity contribution >= 4 is 24.1 Å². The van der Waals surface area contributed by atoms with Crippen molar-refractivity contribution in [3.05, 3.63) is 4.91 Å². The Labute approximate surface area is 284 Å². The molecule has 6 aliphatic rings. The van der Waals surface area contributed by atoms with E-state index in [1.807, 2.05) is 0 Å². The highest BCUT2D eigenvalue weighted by atomic mass is 31.3. The van der Waals surface area contributed by atoms with E-state index in [1.165, 1.54) is 122 Å². The molecule has 0 bridgehead atoms. The number of piperidine rings is 2. The Bertz CT molecular complexity index is 931. The monoisotopic (exact) mass is 699 g/mol. The van der Waals surface area contributed by atoms with Gasteiger partial charge >= 0.3 is 15.7 Å². The van der Waals surface area contributed by atoms with Crippen molar-refractivity contribution in [1.82, 2.24) is 36.9 Å². The van der Waals surface area contributed by atoms with Crippen molar-refractivity contribution in [3.63, 3.8) is 0 Å². The normalized spacial score (nSPS) is 29.1. The third-order valence-electron chi connectivity index (χ3n) is 12.2. The third-order valence-corrected chi connectivity index (χ3v) is 24.4. The SMILES string of the molecule is CCCCC1CCN([P+](N=O)(N2CCCC2)N(C)[P+](N2CCCC2)(N2CCC(C)CC2)N(C)P(N2CCCC2)N2CCCC2)CC1. The quantitative estimate of drug-likeness (QED) is 0.132. The number of hydrogen-bond acceptors (Lipinski definition) is 10. The highest BCUT2D eigenvalue weighted by Crippen LogP contribution is 2.88. The maximum Gasteiger partial charge on any atom is 0.439 e. The molecule has 0 spiro atoms. The Kier molecular flexibility index (Phi) is 13.2. The summed E-state index contributed by atoms with van der Waals surface area (Å²) in [4.78, 5) is 18.7. The lowest BCUT2D eigenvalue weighted by Gasteiger charge is -2.54. The van der Waals surface area contributed by atoms with E-state index in [-0.39, 0.29) is 0 Å². The molecular formula is C33H68N9OP3+2. The average molecular weight is 700 g/mol. The molecule has 0 N–H and O–H groups in total. The molecule has 6 aliphatic heterocycles. The summed E-state index contributed by atoms with van der Waals surface area (Å²) in [6.07, 6.45) is 19.1. The van der Waals surface area contributed by atoms with E-state index in [2.05, 4.69) is 69.8 Å². The van der Waals surface area contributed by atoms with Gasteiger partial charge in [-0.1, -0.05) is 37.6 Å². The van der Waals surface area contributed by atoms with E-state index in [4.69, 9.17) is 0 Å². The van der Waals surface area contributed by atoms with Crippen LogP contribution >= 0.6 is 24.1 Å². The van der Waals surface area contributed by atoms with Crippen molar-refractivity contribution in [2.24, 2.45) is 16.8 Å². The Balaban J connectivity index is 1.47. The molecule has 46 heavy (non-hydrogen) atoms. The van der Waals surface area contributed by atoms with Gasteiger partial charge in [-0.3, -0.25) is 9.34 Å². The van der Waals surface area contributed by atoms with Gasteiger partial charge in [0.1, 0.15) is 0 Å². The van der Waals surface area contributed by atoms with Crippen LogP contribution in [0.2, 0.25) is 0 Å². The molecule has 6 saturated heterocycles. The Hall–Kier alpha value is 0.570. The number of unbranched alkanes of at least 4 members (excludes halogenated alkanes) is 1. The van der Waals surface area contributed by atoms with Crippen molar-refractivity contribution < 1.29 is 0 Å². The lowest BCUT2D eigenvalue weighted by molar-refractivity contribution is 0.233. The van der Waals surface area contributed by atoms with E-state index in [1.54, 1.807) is 0 Å². The first-order valence-electron chi connectivity index (χ1n) is 19.4. The van der Waals surface area contributed by atoms with Gasteiger partial charge in [0.05, 0.1) is 7.05 Å². The maximum absolute atomic E-state index is 14.1. The smallest absolute Gasteiger partial charge is 0.255 e. The van der Waals surface area contributed by atoms with E-state index >= 15 is 0 Å². The van der Waals surface area contributed by atoms with E-state index in [0.29, 0.717) is 0 Å². The zero-order valence-electron chi connectivity index (χ0n) is 30.0. The van der Waals surface area contributed by atoms with Crippen LogP contribution in [-0.4, -0.2) is 130 Å². The molecule has 264 valence electrons. The van der Waals surface area contributed by atoms with Crippen molar-refractivity contribution in [3.8, 4) is 0 Å². The van der Waals surface area contributed by atoms with Crippen LogP contribution in [0.4, 0.5) is 0 Å². The number of rotatable bonds is 14. The molecule has 6 heterocycles. The minimum absolute atomic E-state index is 0.631. The summed E-state index contributed by atoms with van der Waals surface area (Å²) in [5, 5.41) is 0. The van der Waals surface area contributed by atoms with Crippen molar-refractivity contribution in [2.75, 3.05) is 92.6 Å². The summed E-state index contributed by atoms with van der Waals surface area (Å²) in [5.41, 5.74) is 0. The Morgan fingerprint density at radius 2 is 1.09 bits per heavy atom. The maximum atomic E-state index is 14.1. The van der Waals surface area contributed by atoms with Crippen LogP contribution in [0, 0.1) is 16.7 Å². The summed E-state index contributed by atoms with van der Waals surface area (Å²) >= 11 is 0. The lowest BCUT2D eigenvalue weighted by Crippen LogP contribution is -2.55. The highest BCUT2D eigenvalue weighted by molar-refractivity contribution is 7.85. The molecule has 6 rings (SSSR count). The van der Waals surface area contributed by atoms with Gasteiger partial charge in [-0.15, -0.1) is 23.6 Å². The fraction of sp³-hybridized carbons (Fsp3) is 1.00. The minimum Gasteiger partial charge on any atom is -0.255 e. The molecule has 0 aromatic carbocycles. The Morgan fingerprint density at radius 1 is 0.652 bits per heavy atom. The molecule has 0 saturated carbocycles. The van der Waals surface area contributed by atoms with Gasteiger partial charge in [0, 0.05) is 90.0 Å². The summed E-state index contributed by atoms with van der Waals surface area (Å²) in [6.45, 7) is 18.3. The second kappa shape index (κ2) is 16.7. The first kappa shape index (κ1) is 36.4. The molecular weight excluding hydrogens is 631 g/mol. The van der Waals surface area contributed by atoms with Crippen LogP contribution in [0.3, 0.4) is 0 Å². The van der Waals surface area contributed by atoms with Gasteiger partial charge in [0.2, 0.25) is 0 Å². The first-order chi connectivity index (χ1) is 22.5. The third kappa shape index (κ3) is 7.05. The fourth-order valence-corrected chi connectivity index (χ4v) is 24.6. The van der Waals surface area contributed by atoms with Crippen LogP contribution in [0.1, 0.15) is 110 Å². The molecule has 0 radical (unpaired) electrons. The summed E-state index contributed by atoms with van der Waals surface area (Å²) < 4.78 is 22.8. The molecule has 0 amide bonds. The zero-order valence-corrected chi connectivity index (χ0v) is 32.7. The van der Waals surface area contributed by atoms with Crippen molar-refractivity contribution in [1.29, 1.82) is 0 Å². The molecule has 0 aliphatic carbocycles. The van der Waals surface area contributed by atoms with E-state index < -0.39 is 24.1 Å². The largest absolute Gasteiger partial charge is 0.439 e. The van der Waals surface area contributed by atoms with Gasteiger partial charge in [-0.05, 0) is 88.9 Å². The molecule has 13 heteroatoms. The van der Waals surface area contributed by atoms with E-state index in [9.17, 15) is 4.91 Å². The molecule has 2 unspecified atom stereocenters. The predicted molar refractivity (Wildman–Crippen MR) is 199 cm³/mol. The second-order valence-electron chi connectivity index (χ2n) is 15.2. The van der Waals surface area contributed by atoms with Gasteiger partial charge < -0.3 is 0 Å². The molecule has 6 fully saturated rings.